The summed E-state index contributed by atoms with van der Waals surface area (Å²) in [4.78, 5) is 19.3. The van der Waals surface area contributed by atoms with E-state index >= 15 is 0 Å². The number of rotatable bonds is 10. The number of amides is 1. The number of ether oxygens (including phenoxy) is 1. The van der Waals surface area contributed by atoms with Crippen LogP contribution in [-0.4, -0.2) is 64.2 Å². The Kier molecular flexibility index (Phi) is 8.38. The SMILES string of the molecule is COCCC1(CNC(=NCC(=O)N(C)C)NCCc2cccs2)CCC1. The second-order valence-corrected chi connectivity index (χ2v) is 8.19. The molecule has 0 saturated heterocycles. The molecule has 1 fully saturated rings. The molecule has 0 unspecified atom stereocenters. The molecule has 2 rings (SSSR count). The summed E-state index contributed by atoms with van der Waals surface area (Å²) in [5, 5.41) is 8.93. The molecule has 1 saturated carbocycles. The van der Waals surface area contributed by atoms with Gasteiger partial charge in [-0.25, -0.2) is 4.99 Å². The zero-order valence-corrected chi connectivity index (χ0v) is 17.0. The maximum atomic E-state index is 11.9. The van der Waals surface area contributed by atoms with Crippen molar-refractivity contribution in [3.8, 4) is 0 Å². The molecule has 1 heterocycles. The van der Waals surface area contributed by atoms with Crippen molar-refractivity contribution in [2.24, 2.45) is 10.4 Å². The van der Waals surface area contributed by atoms with Crippen molar-refractivity contribution in [3.05, 3.63) is 22.4 Å². The maximum Gasteiger partial charge on any atom is 0.243 e. The fourth-order valence-electron chi connectivity index (χ4n) is 3.00. The molecule has 7 heteroatoms. The van der Waals surface area contributed by atoms with E-state index in [0.717, 1.165) is 38.5 Å². The second-order valence-electron chi connectivity index (χ2n) is 7.16. The Morgan fingerprint density at radius 2 is 2.19 bits per heavy atom. The van der Waals surface area contributed by atoms with Crippen LogP contribution in [0.1, 0.15) is 30.6 Å². The molecule has 0 bridgehead atoms. The Morgan fingerprint density at radius 1 is 1.38 bits per heavy atom. The van der Waals surface area contributed by atoms with Crippen LogP contribution in [0, 0.1) is 5.41 Å². The molecule has 0 aliphatic heterocycles. The van der Waals surface area contributed by atoms with Crippen LogP contribution in [0.4, 0.5) is 0 Å². The summed E-state index contributed by atoms with van der Waals surface area (Å²) in [7, 11) is 5.26. The third kappa shape index (κ3) is 6.61. The Balaban J connectivity index is 1.88. The topological polar surface area (TPSA) is 66.0 Å². The fourth-order valence-corrected chi connectivity index (χ4v) is 3.71. The lowest BCUT2D eigenvalue weighted by Gasteiger charge is -2.42. The van der Waals surface area contributed by atoms with E-state index in [1.54, 1.807) is 37.4 Å². The van der Waals surface area contributed by atoms with Gasteiger partial charge in [-0.2, -0.15) is 0 Å². The first-order valence-corrected chi connectivity index (χ1v) is 10.2. The molecule has 6 nitrogen and oxygen atoms in total. The second kappa shape index (κ2) is 10.5. The number of nitrogens with zero attached hydrogens (tertiary/aromatic N) is 2. The van der Waals surface area contributed by atoms with Crippen molar-refractivity contribution in [1.29, 1.82) is 0 Å². The van der Waals surface area contributed by atoms with Gasteiger partial charge in [0.15, 0.2) is 5.96 Å². The first-order chi connectivity index (χ1) is 12.5. The van der Waals surface area contributed by atoms with Crippen molar-refractivity contribution >= 4 is 23.2 Å². The lowest BCUT2D eigenvalue weighted by Crippen LogP contribution is -2.47. The summed E-state index contributed by atoms with van der Waals surface area (Å²) >= 11 is 1.76. The van der Waals surface area contributed by atoms with Crippen LogP contribution < -0.4 is 10.6 Å². The first kappa shape index (κ1) is 20.7. The smallest absolute Gasteiger partial charge is 0.243 e. The molecule has 26 heavy (non-hydrogen) atoms. The normalized spacial score (nSPS) is 16.0. The highest BCUT2D eigenvalue weighted by molar-refractivity contribution is 7.09. The first-order valence-electron chi connectivity index (χ1n) is 9.28. The Bertz CT molecular complexity index is 568. The van der Waals surface area contributed by atoms with Gasteiger partial charge < -0.3 is 20.3 Å². The number of hydrogen-bond acceptors (Lipinski definition) is 4. The zero-order valence-electron chi connectivity index (χ0n) is 16.2. The van der Waals surface area contributed by atoms with E-state index in [9.17, 15) is 4.79 Å². The Labute approximate surface area is 161 Å². The van der Waals surface area contributed by atoms with Gasteiger partial charge >= 0.3 is 0 Å². The number of methoxy groups -OCH3 is 1. The van der Waals surface area contributed by atoms with E-state index in [1.165, 1.54) is 24.1 Å². The minimum atomic E-state index is 0.00194. The van der Waals surface area contributed by atoms with E-state index in [2.05, 4.69) is 33.1 Å². The van der Waals surface area contributed by atoms with Crippen LogP contribution >= 0.6 is 11.3 Å². The van der Waals surface area contributed by atoms with E-state index in [4.69, 9.17) is 4.74 Å². The van der Waals surface area contributed by atoms with Crippen LogP contribution in [0.15, 0.2) is 22.5 Å². The van der Waals surface area contributed by atoms with E-state index in [0.29, 0.717) is 5.41 Å². The predicted molar refractivity (Wildman–Crippen MR) is 108 cm³/mol. The van der Waals surface area contributed by atoms with E-state index in [1.807, 2.05) is 0 Å². The molecule has 0 radical (unpaired) electrons. The predicted octanol–water partition coefficient (Wildman–Crippen LogP) is 2.12. The van der Waals surface area contributed by atoms with Crippen LogP contribution in [0.5, 0.6) is 0 Å². The number of likely N-dealkylation sites (N-methyl/N-ethyl adjacent to an activating group) is 1. The van der Waals surface area contributed by atoms with Gasteiger partial charge in [-0.15, -0.1) is 11.3 Å². The summed E-state index contributed by atoms with van der Waals surface area (Å²) in [5.41, 5.74) is 0.303. The van der Waals surface area contributed by atoms with Crippen LogP contribution in [-0.2, 0) is 16.0 Å². The van der Waals surface area contributed by atoms with Crippen LogP contribution in [0.25, 0.3) is 0 Å². The van der Waals surface area contributed by atoms with Crippen molar-refractivity contribution in [3.63, 3.8) is 0 Å². The molecule has 1 amide bonds. The standard InChI is InChI=1S/C19H32N4O2S/c1-23(2)17(24)14-21-18(20-11-7-16-6-4-13-26-16)22-15-19(8-5-9-19)10-12-25-3/h4,6,13H,5,7-12,14-15H2,1-3H3,(H2,20,21,22). The van der Waals surface area contributed by atoms with Gasteiger partial charge in [0, 0.05) is 45.8 Å². The molecular formula is C19H32N4O2S. The van der Waals surface area contributed by atoms with Crippen molar-refractivity contribution in [1.82, 2.24) is 15.5 Å². The van der Waals surface area contributed by atoms with Gasteiger partial charge in [0.1, 0.15) is 6.54 Å². The van der Waals surface area contributed by atoms with Gasteiger partial charge in [-0.05, 0) is 42.5 Å². The monoisotopic (exact) mass is 380 g/mol. The average Bonchev–Trinajstić information content (AvgIpc) is 3.10. The highest BCUT2D eigenvalue weighted by atomic mass is 32.1. The van der Waals surface area contributed by atoms with Crippen molar-refractivity contribution in [2.45, 2.75) is 32.1 Å². The number of aliphatic imine (C=N–C) groups is 1. The lowest BCUT2D eigenvalue weighted by molar-refractivity contribution is -0.127. The summed E-state index contributed by atoms with van der Waals surface area (Å²) < 4.78 is 5.27. The fraction of sp³-hybridized carbons (Fsp3) is 0.684. The Morgan fingerprint density at radius 3 is 2.77 bits per heavy atom. The van der Waals surface area contributed by atoms with Crippen molar-refractivity contribution in [2.75, 3.05) is 47.4 Å². The number of carbonyl (C=O) groups is 1. The van der Waals surface area contributed by atoms with Gasteiger partial charge in [0.25, 0.3) is 0 Å². The highest BCUT2D eigenvalue weighted by Crippen LogP contribution is 2.43. The third-order valence-corrected chi connectivity index (χ3v) is 5.93. The van der Waals surface area contributed by atoms with Gasteiger partial charge in [0.2, 0.25) is 5.91 Å². The minimum Gasteiger partial charge on any atom is -0.385 e. The molecular weight excluding hydrogens is 348 g/mol. The summed E-state index contributed by atoms with van der Waals surface area (Å²) in [6, 6.07) is 4.21. The molecule has 1 aliphatic carbocycles. The molecule has 146 valence electrons. The summed E-state index contributed by atoms with van der Waals surface area (Å²) in [6.45, 7) is 2.62. The number of hydrogen-bond donors (Lipinski definition) is 2. The van der Waals surface area contributed by atoms with Gasteiger partial charge in [-0.1, -0.05) is 12.5 Å². The number of nitrogens with one attached hydrogen (secondary N) is 2. The summed E-state index contributed by atoms with van der Waals surface area (Å²) in [6.07, 6.45) is 5.75. The molecule has 0 spiro atoms. The lowest BCUT2D eigenvalue weighted by atomic mass is 9.67. The maximum absolute atomic E-state index is 11.9. The van der Waals surface area contributed by atoms with Crippen LogP contribution in [0.3, 0.4) is 0 Å². The number of guanidine groups is 1. The number of thiophene rings is 1. The third-order valence-electron chi connectivity index (χ3n) is 5.00. The molecule has 1 aromatic rings. The van der Waals surface area contributed by atoms with E-state index in [-0.39, 0.29) is 12.5 Å². The van der Waals surface area contributed by atoms with Gasteiger partial charge in [-0.3, -0.25) is 4.79 Å². The Hall–Kier alpha value is -1.60. The van der Waals surface area contributed by atoms with Gasteiger partial charge in [0.05, 0.1) is 0 Å². The summed E-state index contributed by atoms with van der Waals surface area (Å²) in [5.74, 6) is 0.725. The molecule has 0 aromatic carbocycles. The highest BCUT2D eigenvalue weighted by Gasteiger charge is 2.36. The molecule has 1 aliphatic rings. The number of carbonyl (C=O) groups excluding carboxylic acids is 1. The minimum absolute atomic E-state index is 0.00194. The van der Waals surface area contributed by atoms with Crippen molar-refractivity contribution < 1.29 is 9.53 Å². The van der Waals surface area contributed by atoms with Crippen LogP contribution in [0.2, 0.25) is 0 Å². The largest absolute Gasteiger partial charge is 0.385 e. The quantitative estimate of drug-likeness (QED) is 0.482. The molecule has 0 atom stereocenters. The average molecular weight is 381 g/mol. The van der Waals surface area contributed by atoms with E-state index < -0.39 is 0 Å². The zero-order chi connectivity index (χ0) is 18.8. The molecule has 2 N–H and O–H groups in total. The molecule has 1 aromatic heterocycles.